The third-order valence-corrected chi connectivity index (χ3v) is 8.79. The van der Waals surface area contributed by atoms with E-state index in [1.165, 1.54) is 63.7 Å². The quantitative estimate of drug-likeness (QED) is 0.362. The smallest absolute Gasteiger partial charge is 0.264 e. The lowest BCUT2D eigenvalue weighted by Crippen LogP contribution is -2.29. The number of para-hydroxylation sites is 2. The summed E-state index contributed by atoms with van der Waals surface area (Å²) in [6.07, 6.45) is -0.148. The lowest BCUT2D eigenvalue weighted by Gasteiger charge is -2.22. The van der Waals surface area contributed by atoms with Crippen LogP contribution in [0.1, 0.15) is 6.42 Å². The maximum absolute atomic E-state index is 13.1. The number of benzene rings is 3. The second-order valence-electron chi connectivity index (χ2n) is 7.66. The molecule has 0 aliphatic rings. The van der Waals surface area contributed by atoms with Gasteiger partial charge in [0.15, 0.2) is 0 Å². The number of nitrogens with one attached hydrogen (secondary N) is 2. The van der Waals surface area contributed by atoms with E-state index in [2.05, 4.69) is 10.0 Å². The molecule has 0 aliphatic carbocycles. The van der Waals surface area contributed by atoms with Crippen LogP contribution < -0.4 is 23.8 Å². The second-order valence-corrected chi connectivity index (χ2v) is 11.8. The van der Waals surface area contributed by atoms with Crippen molar-refractivity contribution >= 4 is 48.9 Å². The monoisotopic (exact) mass is 567 g/mol. The van der Waals surface area contributed by atoms with Crippen LogP contribution in [0.25, 0.3) is 0 Å². The highest BCUT2D eigenvalue weighted by Crippen LogP contribution is 2.34. The Morgan fingerprint density at radius 1 is 0.892 bits per heavy atom. The van der Waals surface area contributed by atoms with E-state index in [-0.39, 0.29) is 34.2 Å². The summed E-state index contributed by atoms with van der Waals surface area (Å²) in [5.41, 5.74) is 0.469. The zero-order valence-corrected chi connectivity index (χ0v) is 22.7. The van der Waals surface area contributed by atoms with E-state index in [4.69, 9.17) is 21.1 Å². The van der Waals surface area contributed by atoms with Gasteiger partial charge in [-0.05, 0) is 54.6 Å². The second kappa shape index (κ2) is 11.8. The first-order valence-corrected chi connectivity index (χ1v) is 14.1. The third kappa shape index (κ3) is 6.72. The molecule has 198 valence electrons. The Morgan fingerprint density at radius 3 is 2.16 bits per heavy atom. The molecule has 0 radical (unpaired) electrons. The summed E-state index contributed by atoms with van der Waals surface area (Å²) < 4.78 is 65.8. The largest absolute Gasteiger partial charge is 0.495 e. The highest BCUT2D eigenvalue weighted by molar-refractivity contribution is 7.92. The molecule has 0 aromatic heterocycles. The number of hydrogen-bond acceptors (Lipinski definition) is 7. The van der Waals surface area contributed by atoms with Crippen molar-refractivity contribution in [1.82, 2.24) is 4.72 Å². The molecular weight excluding hydrogens is 542 g/mol. The maximum atomic E-state index is 13.1. The number of nitrogens with zero attached hydrogens (tertiary/aromatic N) is 1. The molecule has 37 heavy (non-hydrogen) atoms. The summed E-state index contributed by atoms with van der Waals surface area (Å²) >= 11 is 5.86. The standard InChI is InChI=1S/C24H26ClN3O7S2/c1-28(37(32,33)18-10-8-17(25)9-11-18)21-16-19(12-13-23(21)35-3)36(30,31)26-15-14-24(29)27-20-6-4-5-7-22(20)34-2/h4-13,16,26H,14-15H2,1-3H3,(H,27,29). The van der Waals surface area contributed by atoms with Crippen molar-refractivity contribution in [2.45, 2.75) is 16.2 Å². The highest BCUT2D eigenvalue weighted by Gasteiger charge is 2.26. The molecule has 0 saturated heterocycles. The van der Waals surface area contributed by atoms with Crippen LogP contribution in [0, 0.1) is 0 Å². The van der Waals surface area contributed by atoms with E-state index in [1.54, 1.807) is 24.3 Å². The fraction of sp³-hybridized carbons (Fsp3) is 0.208. The van der Waals surface area contributed by atoms with Gasteiger partial charge in [0, 0.05) is 25.0 Å². The van der Waals surface area contributed by atoms with Gasteiger partial charge in [-0.25, -0.2) is 21.6 Å². The summed E-state index contributed by atoms with van der Waals surface area (Å²) in [6.45, 7) is -0.191. The Kier molecular flexibility index (Phi) is 9.02. The zero-order valence-electron chi connectivity index (χ0n) is 20.3. The van der Waals surface area contributed by atoms with Gasteiger partial charge in [-0.2, -0.15) is 0 Å². The highest BCUT2D eigenvalue weighted by atomic mass is 35.5. The van der Waals surface area contributed by atoms with Gasteiger partial charge in [0.05, 0.1) is 35.4 Å². The predicted molar refractivity (Wildman–Crippen MR) is 141 cm³/mol. The number of halogens is 1. The minimum atomic E-state index is -4.09. The Bertz CT molecular complexity index is 1480. The summed E-state index contributed by atoms with van der Waals surface area (Å²) in [4.78, 5) is 12.1. The Hall–Kier alpha value is -3.32. The summed E-state index contributed by atoms with van der Waals surface area (Å²) in [7, 11) is -4.04. The van der Waals surface area contributed by atoms with Gasteiger partial charge in [-0.1, -0.05) is 23.7 Å². The number of carbonyl (C=O) groups is 1. The topological polar surface area (TPSA) is 131 Å². The fourth-order valence-electron chi connectivity index (χ4n) is 3.32. The summed E-state index contributed by atoms with van der Waals surface area (Å²) in [6, 6.07) is 16.2. The maximum Gasteiger partial charge on any atom is 0.264 e. The van der Waals surface area contributed by atoms with E-state index in [0.29, 0.717) is 16.5 Å². The van der Waals surface area contributed by atoms with E-state index < -0.39 is 26.0 Å². The molecule has 0 heterocycles. The fourth-order valence-corrected chi connectivity index (χ4v) is 5.70. The van der Waals surface area contributed by atoms with E-state index >= 15 is 0 Å². The van der Waals surface area contributed by atoms with Crippen LogP contribution in [0.5, 0.6) is 11.5 Å². The predicted octanol–water partition coefficient (Wildman–Crippen LogP) is 3.49. The number of hydrogen-bond donors (Lipinski definition) is 2. The van der Waals surface area contributed by atoms with Crippen LogP contribution in [0.4, 0.5) is 11.4 Å². The summed E-state index contributed by atoms with van der Waals surface area (Å²) in [5.74, 6) is 0.200. The molecule has 3 rings (SSSR count). The zero-order chi connectivity index (χ0) is 27.2. The van der Waals surface area contributed by atoms with Gasteiger partial charge in [0.2, 0.25) is 15.9 Å². The molecule has 0 atom stereocenters. The number of carbonyl (C=O) groups excluding carboxylic acids is 1. The van der Waals surface area contributed by atoms with Gasteiger partial charge in [0.1, 0.15) is 11.5 Å². The molecule has 0 fully saturated rings. The van der Waals surface area contributed by atoms with Crippen molar-refractivity contribution in [1.29, 1.82) is 0 Å². The molecular formula is C24H26ClN3O7S2. The molecule has 0 spiro atoms. The normalized spacial score (nSPS) is 11.6. The lowest BCUT2D eigenvalue weighted by molar-refractivity contribution is -0.116. The first kappa shape index (κ1) is 28.3. The Morgan fingerprint density at radius 2 is 1.51 bits per heavy atom. The van der Waals surface area contributed by atoms with Crippen LogP contribution in [-0.2, 0) is 24.8 Å². The molecule has 10 nitrogen and oxygen atoms in total. The molecule has 0 unspecified atom stereocenters. The first-order valence-electron chi connectivity index (χ1n) is 10.8. The number of amides is 1. The van der Waals surface area contributed by atoms with Gasteiger partial charge >= 0.3 is 0 Å². The molecule has 1 amide bonds. The molecule has 0 aliphatic heterocycles. The minimum Gasteiger partial charge on any atom is -0.495 e. The number of rotatable bonds is 11. The van der Waals surface area contributed by atoms with Gasteiger partial charge < -0.3 is 14.8 Å². The number of anilines is 2. The van der Waals surface area contributed by atoms with Crippen LogP contribution in [0.2, 0.25) is 5.02 Å². The van der Waals surface area contributed by atoms with Crippen molar-refractivity contribution in [2.75, 3.05) is 37.4 Å². The van der Waals surface area contributed by atoms with Gasteiger partial charge in [-0.15, -0.1) is 0 Å². The van der Waals surface area contributed by atoms with Crippen LogP contribution in [-0.4, -0.2) is 50.6 Å². The molecule has 2 N–H and O–H groups in total. The van der Waals surface area contributed by atoms with Gasteiger partial charge in [-0.3, -0.25) is 9.10 Å². The van der Waals surface area contributed by atoms with Crippen molar-refractivity contribution in [3.8, 4) is 11.5 Å². The van der Waals surface area contributed by atoms with E-state index in [0.717, 1.165) is 4.31 Å². The molecule has 0 saturated carbocycles. The van der Waals surface area contributed by atoms with Crippen molar-refractivity contribution in [3.63, 3.8) is 0 Å². The minimum absolute atomic E-state index is 0.00856. The molecule has 3 aromatic carbocycles. The summed E-state index contributed by atoms with van der Waals surface area (Å²) in [5, 5.41) is 3.04. The van der Waals surface area contributed by atoms with Crippen molar-refractivity contribution < 1.29 is 31.1 Å². The Balaban J connectivity index is 1.76. The van der Waals surface area contributed by atoms with Gasteiger partial charge in [0.25, 0.3) is 10.0 Å². The molecule has 0 bridgehead atoms. The molecule has 3 aromatic rings. The Labute approximate surface area is 221 Å². The lowest BCUT2D eigenvalue weighted by atomic mass is 10.3. The number of methoxy groups -OCH3 is 2. The molecule has 13 heteroatoms. The SMILES string of the molecule is COc1ccccc1NC(=O)CCNS(=O)(=O)c1ccc(OC)c(N(C)S(=O)(=O)c2ccc(Cl)cc2)c1. The van der Waals surface area contributed by atoms with Crippen molar-refractivity contribution in [2.24, 2.45) is 0 Å². The first-order chi connectivity index (χ1) is 17.5. The average Bonchev–Trinajstić information content (AvgIpc) is 2.88. The van der Waals surface area contributed by atoms with Crippen LogP contribution in [0.15, 0.2) is 76.5 Å². The van der Waals surface area contributed by atoms with Crippen molar-refractivity contribution in [3.05, 3.63) is 71.8 Å². The van der Waals surface area contributed by atoms with E-state index in [9.17, 15) is 21.6 Å². The van der Waals surface area contributed by atoms with Crippen LogP contribution >= 0.6 is 11.6 Å². The van der Waals surface area contributed by atoms with Crippen LogP contribution in [0.3, 0.4) is 0 Å². The third-order valence-electron chi connectivity index (χ3n) is 5.30. The number of sulfonamides is 2. The number of ether oxygens (including phenoxy) is 2. The van der Waals surface area contributed by atoms with E-state index in [1.807, 2.05) is 0 Å². The average molecular weight is 568 g/mol.